The fraction of sp³-hybridized carbons (Fsp3) is 0.409. The molecule has 5 nitrogen and oxygen atoms in total. The molecule has 4 rings (SSSR count). The molecule has 28 heavy (non-hydrogen) atoms. The van der Waals surface area contributed by atoms with Crippen LogP contribution >= 0.6 is 11.3 Å². The average molecular weight is 396 g/mol. The van der Waals surface area contributed by atoms with E-state index < -0.39 is 0 Å². The molecule has 3 heterocycles. The van der Waals surface area contributed by atoms with Gasteiger partial charge in [0.25, 0.3) is 0 Å². The quantitative estimate of drug-likeness (QED) is 0.646. The van der Waals surface area contributed by atoms with Crippen LogP contribution in [0.25, 0.3) is 10.2 Å². The van der Waals surface area contributed by atoms with Gasteiger partial charge in [-0.15, -0.1) is 11.3 Å². The molecule has 0 amide bonds. The summed E-state index contributed by atoms with van der Waals surface area (Å²) < 4.78 is 1.22. The molecule has 1 N–H and O–H groups in total. The van der Waals surface area contributed by atoms with Crippen LogP contribution in [0.15, 0.2) is 24.3 Å². The summed E-state index contributed by atoms with van der Waals surface area (Å²) in [6.07, 6.45) is 2.18. The SMILES string of the molecule is CC(=O)c1c(C)[nH]c(C(=O)CN2CCCC(c3nc4ccccc4s3)C2)c1C. The standard InChI is InChI=1S/C22H25N3O2S/c1-13-20(15(3)26)14(2)23-21(13)18(27)12-25-10-6-7-16(11-25)22-24-17-8-4-5-9-19(17)28-22/h4-5,8-9,16,23H,6-7,10-12H2,1-3H3. The highest BCUT2D eigenvalue weighted by Gasteiger charge is 2.27. The van der Waals surface area contributed by atoms with Crippen molar-refractivity contribution in [3.05, 3.63) is 51.8 Å². The van der Waals surface area contributed by atoms with Crippen molar-refractivity contribution in [2.45, 2.75) is 39.5 Å². The molecule has 1 saturated heterocycles. The fourth-order valence-corrected chi connectivity index (χ4v) is 5.40. The minimum absolute atomic E-state index is 0.000766. The maximum Gasteiger partial charge on any atom is 0.193 e. The second-order valence-corrected chi connectivity index (χ2v) is 8.76. The molecule has 1 atom stereocenters. The second-order valence-electron chi connectivity index (χ2n) is 7.70. The summed E-state index contributed by atoms with van der Waals surface area (Å²) in [6.45, 7) is 7.40. The lowest BCUT2D eigenvalue weighted by atomic mass is 9.98. The zero-order chi connectivity index (χ0) is 19.8. The Morgan fingerprint density at radius 3 is 2.79 bits per heavy atom. The first kappa shape index (κ1) is 19.0. The van der Waals surface area contributed by atoms with Gasteiger partial charge in [-0.1, -0.05) is 12.1 Å². The summed E-state index contributed by atoms with van der Waals surface area (Å²) in [4.78, 5) is 34.9. The van der Waals surface area contributed by atoms with Gasteiger partial charge in [-0.2, -0.15) is 0 Å². The number of carbonyl (C=O) groups is 2. The van der Waals surface area contributed by atoms with Crippen molar-refractivity contribution < 1.29 is 9.59 Å². The minimum Gasteiger partial charge on any atom is -0.355 e. The number of aromatic nitrogens is 2. The Balaban J connectivity index is 1.49. The third-order valence-corrected chi connectivity index (χ3v) is 6.80. The van der Waals surface area contributed by atoms with Gasteiger partial charge < -0.3 is 4.98 Å². The van der Waals surface area contributed by atoms with Crippen LogP contribution in [0.1, 0.15) is 62.8 Å². The molecular formula is C22H25N3O2S. The number of para-hydroxylation sites is 1. The van der Waals surface area contributed by atoms with Crippen molar-refractivity contribution in [3.63, 3.8) is 0 Å². The monoisotopic (exact) mass is 395 g/mol. The summed E-state index contributed by atoms with van der Waals surface area (Å²) in [6, 6.07) is 8.24. The van der Waals surface area contributed by atoms with Crippen LogP contribution in [0.2, 0.25) is 0 Å². The molecule has 1 aliphatic heterocycles. The molecule has 0 aliphatic carbocycles. The molecule has 0 bridgehead atoms. The predicted octanol–water partition coefficient (Wildman–Crippen LogP) is 4.51. The number of aryl methyl sites for hydroxylation is 1. The number of ketones is 2. The number of hydrogen-bond donors (Lipinski definition) is 1. The van der Waals surface area contributed by atoms with E-state index in [2.05, 4.69) is 22.0 Å². The van der Waals surface area contributed by atoms with Gasteiger partial charge in [0.2, 0.25) is 0 Å². The molecular weight excluding hydrogens is 370 g/mol. The minimum atomic E-state index is -0.000766. The first-order valence-corrected chi connectivity index (χ1v) is 10.6. The number of nitrogens with zero attached hydrogens (tertiary/aromatic N) is 2. The van der Waals surface area contributed by atoms with Crippen LogP contribution in [-0.4, -0.2) is 46.1 Å². The number of benzene rings is 1. The van der Waals surface area contributed by atoms with Crippen LogP contribution in [0.4, 0.5) is 0 Å². The summed E-state index contributed by atoms with van der Waals surface area (Å²) >= 11 is 1.77. The van der Waals surface area contributed by atoms with E-state index in [0.717, 1.165) is 42.7 Å². The summed E-state index contributed by atoms with van der Waals surface area (Å²) in [5, 5.41) is 1.17. The second kappa shape index (κ2) is 7.60. The number of piperidine rings is 1. The normalized spacial score (nSPS) is 17.9. The third kappa shape index (κ3) is 3.54. The number of rotatable bonds is 5. The number of H-pyrrole nitrogens is 1. The molecule has 1 fully saturated rings. The first-order chi connectivity index (χ1) is 13.4. The lowest BCUT2D eigenvalue weighted by Gasteiger charge is -2.31. The van der Waals surface area contributed by atoms with E-state index in [9.17, 15) is 9.59 Å². The number of likely N-dealkylation sites (tertiary alicyclic amines) is 1. The molecule has 3 aromatic rings. The van der Waals surface area contributed by atoms with E-state index in [1.807, 2.05) is 26.0 Å². The van der Waals surface area contributed by atoms with Crippen LogP contribution in [-0.2, 0) is 0 Å². The molecule has 146 valence electrons. The molecule has 6 heteroatoms. The number of fused-ring (bicyclic) bond motifs is 1. The van der Waals surface area contributed by atoms with E-state index in [0.29, 0.717) is 23.7 Å². The van der Waals surface area contributed by atoms with Crippen molar-refractivity contribution in [3.8, 4) is 0 Å². The lowest BCUT2D eigenvalue weighted by Crippen LogP contribution is -2.38. The van der Waals surface area contributed by atoms with E-state index in [1.165, 1.54) is 9.71 Å². The van der Waals surface area contributed by atoms with E-state index in [-0.39, 0.29) is 11.6 Å². The van der Waals surface area contributed by atoms with Gasteiger partial charge in [0.15, 0.2) is 11.6 Å². The first-order valence-electron chi connectivity index (χ1n) is 9.75. The molecule has 1 unspecified atom stereocenters. The van der Waals surface area contributed by atoms with E-state index in [1.54, 1.807) is 18.3 Å². The van der Waals surface area contributed by atoms with Crippen LogP contribution < -0.4 is 0 Å². The van der Waals surface area contributed by atoms with Crippen molar-refractivity contribution in [2.24, 2.45) is 0 Å². The number of Topliss-reactive ketones (excluding diaryl/α,β-unsaturated/α-hetero) is 2. The van der Waals surface area contributed by atoms with Gasteiger partial charge in [0.05, 0.1) is 27.5 Å². The number of carbonyl (C=O) groups excluding carboxylic acids is 2. The van der Waals surface area contributed by atoms with Gasteiger partial charge in [-0.3, -0.25) is 14.5 Å². The highest BCUT2D eigenvalue weighted by atomic mass is 32.1. The summed E-state index contributed by atoms with van der Waals surface area (Å²) in [5.74, 6) is 0.426. The molecule has 1 aliphatic rings. The van der Waals surface area contributed by atoms with Crippen molar-refractivity contribution in [2.75, 3.05) is 19.6 Å². The molecule has 0 spiro atoms. The fourth-order valence-electron chi connectivity index (χ4n) is 4.30. The maximum absolute atomic E-state index is 12.9. The van der Waals surface area contributed by atoms with Gasteiger partial charge in [0.1, 0.15) is 0 Å². The zero-order valence-corrected chi connectivity index (χ0v) is 17.4. The highest BCUT2D eigenvalue weighted by Crippen LogP contribution is 2.33. The Labute approximate surface area is 168 Å². The highest BCUT2D eigenvalue weighted by molar-refractivity contribution is 7.18. The smallest absolute Gasteiger partial charge is 0.193 e. The predicted molar refractivity (Wildman–Crippen MR) is 113 cm³/mol. The third-order valence-electron chi connectivity index (χ3n) is 5.60. The molecule has 1 aromatic carbocycles. The van der Waals surface area contributed by atoms with Gasteiger partial charge in [-0.25, -0.2) is 4.98 Å². The van der Waals surface area contributed by atoms with Gasteiger partial charge >= 0.3 is 0 Å². The molecule has 0 saturated carbocycles. The van der Waals surface area contributed by atoms with Crippen LogP contribution in [0.3, 0.4) is 0 Å². The zero-order valence-electron chi connectivity index (χ0n) is 16.5. The van der Waals surface area contributed by atoms with Gasteiger partial charge in [-0.05, 0) is 57.9 Å². The number of nitrogens with one attached hydrogen (secondary N) is 1. The van der Waals surface area contributed by atoms with E-state index in [4.69, 9.17) is 4.98 Å². The Bertz CT molecular complexity index is 1020. The van der Waals surface area contributed by atoms with Crippen molar-refractivity contribution in [1.29, 1.82) is 0 Å². The van der Waals surface area contributed by atoms with Gasteiger partial charge in [0, 0.05) is 23.7 Å². The van der Waals surface area contributed by atoms with Crippen LogP contribution in [0.5, 0.6) is 0 Å². The Morgan fingerprint density at radius 1 is 1.29 bits per heavy atom. The van der Waals surface area contributed by atoms with E-state index >= 15 is 0 Å². The largest absolute Gasteiger partial charge is 0.355 e. The number of aromatic amines is 1. The number of hydrogen-bond acceptors (Lipinski definition) is 5. The Morgan fingerprint density at radius 2 is 2.07 bits per heavy atom. The average Bonchev–Trinajstić information content (AvgIpc) is 3.22. The topological polar surface area (TPSA) is 66.1 Å². The maximum atomic E-state index is 12.9. The number of thiazole rings is 1. The molecule has 2 aromatic heterocycles. The van der Waals surface area contributed by atoms with Crippen LogP contribution in [0, 0.1) is 13.8 Å². The Hall–Kier alpha value is -2.31. The molecule has 0 radical (unpaired) electrons. The van der Waals surface area contributed by atoms with Crippen molar-refractivity contribution in [1.82, 2.24) is 14.9 Å². The summed E-state index contributed by atoms with van der Waals surface area (Å²) in [7, 11) is 0. The Kier molecular flexibility index (Phi) is 5.17. The summed E-state index contributed by atoms with van der Waals surface area (Å²) in [5.41, 5.74) is 3.83. The van der Waals surface area contributed by atoms with Crippen molar-refractivity contribution >= 4 is 33.1 Å². The lowest BCUT2D eigenvalue weighted by molar-refractivity contribution is 0.0901.